The molecule has 1 aromatic rings. The van der Waals surface area contributed by atoms with Crippen molar-refractivity contribution < 1.29 is 4.42 Å². The summed E-state index contributed by atoms with van der Waals surface area (Å²) in [5.74, 6) is 3.08. The minimum atomic E-state index is 0.738. The average Bonchev–Trinajstić information content (AvgIpc) is 3.02. The van der Waals surface area contributed by atoms with Gasteiger partial charge in [-0.05, 0) is 25.0 Å². The zero-order valence-electron chi connectivity index (χ0n) is 9.04. The number of hydrogen-bond acceptors (Lipinski definition) is 3. The number of nitrogens with zero attached hydrogens (tertiary/aromatic N) is 1. The third-order valence-electron chi connectivity index (χ3n) is 3.25. The van der Waals surface area contributed by atoms with Crippen molar-refractivity contribution >= 4 is 0 Å². The number of rotatable bonds is 3. The van der Waals surface area contributed by atoms with Crippen LogP contribution in [0.25, 0.3) is 0 Å². The molecule has 3 rings (SSSR count). The van der Waals surface area contributed by atoms with E-state index in [4.69, 9.17) is 4.42 Å². The molecular formula is C12H18N2O. The van der Waals surface area contributed by atoms with Crippen LogP contribution in [0.2, 0.25) is 0 Å². The van der Waals surface area contributed by atoms with Crippen molar-refractivity contribution in [1.29, 1.82) is 0 Å². The van der Waals surface area contributed by atoms with Gasteiger partial charge in [-0.3, -0.25) is 4.90 Å². The molecule has 0 aromatic carbocycles. The maximum atomic E-state index is 5.85. The van der Waals surface area contributed by atoms with Crippen LogP contribution in [0.5, 0.6) is 0 Å². The van der Waals surface area contributed by atoms with Gasteiger partial charge in [0.25, 0.3) is 0 Å². The van der Waals surface area contributed by atoms with Gasteiger partial charge in [-0.2, -0.15) is 0 Å². The van der Waals surface area contributed by atoms with E-state index in [2.05, 4.69) is 22.3 Å². The van der Waals surface area contributed by atoms with Gasteiger partial charge in [-0.1, -0.05) is 0 Å². The maximum absolute atomic E-state index is 5.85. The first-order valence-electron chi connectivity index (χ1n) is 5.93. The predicted octanol–water partition coefficient (Wildman–Crippen LogP) is 1.56. The first-order valence-corrected chi connectivity index (χ1v) is 5.93. The zero-order chi connectivity index (χ0) is 10.1. The standard InChI is InChI=1S/C12H18N2O/c1-2-10(1)12-4-3-11(15-12)9-14-7-5-13-6-8-14/h3-4,10,13H,1-2,5-9H2. The van der Waals surface area contributed by atoms with Crippen LogP contribution >= 0.6 is 0 Å². The quantitative estimate of drug-likeness (QED) is 0.813. The summed E-state index contributed by atoms with van der Waals surface area (Å²) in [6.07, 6.45) is 2.64. The zero-order valence-corrected chi connectivity index (χ0v) is 9.04. The maximum Gasteiger partial charge on any atom is 0.118 e. The largest absolute Gasteiger partial charge is 0.464 e. The second-order valence-corrected chi connectivity index (χ2v) is 4.60. The highest BCUT2D eigenvalue weighted by Gasteiger charge is 2.26. The van der Waals surface area contributed by atoms with Gasteiger partial charge in [0.15, 0.2) is 0 Å². The molecule has 0 amide bonds. The summed E-state index contributed by atoms with van der Waals surface area (Å²) in [4.78, 5) is 2.45. The van der Waals surface area contributed by atoms with Crippen molar-refractivity contribution in [2.75, 3.05) is 26.2 Å². The van der Waals surface area contributed by atoms with E-state index in [-0.39, 0.29) is 0 Å². The van der Waals surface area contributed by atoms with E-state index >= 15 is 0 Å². The van der Waals surface area contributed by atoms with Gasteiger partial charge in [-0.25, -0.2) is 0 Å². The van der Waals surface area contributed by atoms with Crippen molar-refractivity contribution in [3.8, 4) is 0 Å². The number of piperazine rings is 1. The Morgan fingerprint density at radius 3 is 2.80 bits per heavy atom. The summed E-state index contributed by atoms with van der Waals surface area (Å²) >= 11 is 0. The van der Waals surface area contributed by atoms with Gasteiger partial charge in [0.05, 0.1) is 6.54 Å². The Morgan fingerprint density at radius 1 is 1.27 bits per heavy atom. The summed E-state index contributed by atoms with van der Waals surface area (Å²) in [5.41, 5.74) is 0. The Labute approximate surface area is 90.4 Å². The Hall–Kier alpha value is -0.800. The summed E-state index contributed by atoms with van der Waals surface area (Å²) < 4.78 is 5.85. The molecular weight excluding hydrogens is 188 g/mol. The molecule has 1 saturated heterocycles. The van der Waals surface area contributed by atoms with Crippen molar-refractivity contribution in [2.45, 2.75) is 25.3 Å². The molecule has 2 heterocycles. The van der Waals surface area contributed by atoms with Gasteiger partial charge < -0.3 is 9.73 Å². The fourth-order valence-corrected chi connectivity index (χ4v) is 2.16. The molecule has 0 bridgehead atoms. The van der Waals surface area contributed by atoms with Crippen molar-refractivity contribution in [2.24, 2.45) is 0 Å². The molecule has 15 heavy (non-hydrogen) atoms. The monoisotopic (exact) mass is 206 g/mol. The van der Waals surface area contributed by atoms with Crippen LogP contribution in [0.1, 0.15) is 30.3 Å². The number of furan rings is 1. The Kier molecular flexibility index (Phi) is 2.51. The highest BCUT2D eigenvalue weighted by atomic mass is 16.3. The molecule has 0 unspecified atom stereocenters. The van der Waals surface area contributed by atoms with E-state index < -0.39 is 0 Å². The highest BCUT2D eigenvalue weighted by molar-refractivity contribution is 5.15. The summed E-state index contributed by atoms with van der Waals surface area (Å²) in [6, 6.07) is 4.31. The lowest BCUT2D eigenvalue weighted by Crippen LogP contribution is -2.42. The van der Waals surface area contributed by atoms with E-state index in [0.717, 1.165) is 44.4 Å². The van der Waals surface area contributed by atoms with Crippen LogP contribution in [0.3, 0.4) is 0 Å². The van der Waals surface area contributed by atoms with E-state index in [1.165, 1.54) is 18.6 Å². The summed E-state index contributed by atoms with van der Waals surface area (Å²) in [6.45, 7) is 5.47. The topological polar surface area (TPSA) is 28.4 Å². The molecule has 1 aliphatic carbocycles. The van der Waals surface area contributed by atoms with Crippen molar-refractivity contribution in [3.63, 3.8) is 0 Å². The van der Waals surface area contributed by atoms with Gasteiger partial charge >= 0.3 is 0 Å². The summed E-state index contributed by atoms with van der Waals surface area (Å²) in [5, 5.41) is 3.36. The molecule has 0 radical (unpaired) electrons. The van der Waals surface area contributed by atoms with Crippen LogP contribution < -0.4 is 5.32 Å². The molecule has 2 fully saturated rings. The molecule has 1 saturated carbocycles. The second-order valence-electron chi connectivity index (χ2n) is 4.60. The SMILES string of the molecule is c1cc(C2CC2)oc1CN1CCNCC1. The van der Waals surface area contributed by atoms with E-state index in [1.54, 1.807) is 0 Å². The lowest BCUT2D eigenvalue weighted by molar-refractivity contribution is 0.214. The minimum absolute atomic E-state index is 0.738. The number of hydrogen-bond donors (Lipinski definition) is 1. The van der Waals surface area contributed by atoms with E-state index in [0.29, 0.717) is 0 Å². The summed E-state index contributed by atoms with van der Waals surface area (Å²) in [7, 11) is 0. The van der Waals surface area contributed by atoms with Crippen LogP contribution in [0, 0.1) is 0 Å². The van der Waals surface area contributed by atoms with Crippen LogP contribution in [0.4, 0.5) is 0 Å². The lowest BCUT2D eigenvalue weighted by atomic mass is 10.3. The van der Waals surface area contributed by atoms with Crippen LogP contribution in [0.15, 0.2) is 16.5 Å². The molecule has 82 valence electrons. The van der Waals surface area contributed by atoms with Crippen molar-refractivity contribution in [3.05, 3.63) is 23.7 Å². The van der Waals surface area contributed by atoms with Gasteiger partial charge in [-0.15, -0.1) is 0 Å². The van der Waals surface area contributed by atoms with Gasteiger partial charge in [0.1, 0.15) is 11.5 Å². The molecule has 3 heteroatoms. The highest BCUT2D eigenvalue weighted by Crippen LogP contribution is 2.40. The Balaban J connectivity index is 1.60. The fraction of sp³-hybridized carbons (Fsp3) is 0.667. The van der Waals surface area contributed by atoms with Crippen LogP contribution in [-0.2, 0) is 6.54 Å². The second kappa shape index (κ2) is 3.99. The fourth-order valence-electron chi connectivity index (χ4n) is 2.16. The van der Waals surface area contributed by atoms with Crippen LogP contribution in [-0.4, -0.2) is 31.1 Å². The molecule has 1 aromatic heterocycles. The third kappa shape index (κ3) is 2.24. The first kappa shape index (κ1) is 9.43. The predicted molar refractivity (Wildman–Crippen MR) is 58.8 cm³/mol. The third-order valence-corrected chi connectivity index (χ3v) is 3.25. The molecule has 2 aliphatic rings. The molecule has 0 atom stereocenters. The van der Waals surface area contributed by atoms with E-state index in [9.17, 15) is 0 Å². The Bertz CT molecular complexity index is 324. The average molecular weight is 206 g/mol. The smallest absolute Gasteiger partial charge is 0.118 e. The van der Waals surface area contributed by atoms with Gasteiger partial charge in [0, 0.05) is 32.1 Å². The minimum Gasteiger partial charge on any atom is -0.464 e. The Morgan fingerprint density at radius 2 is 2.07 bits per heavy atom. The van der Waals surface area contributed by atoms with E-state index in [1.807, 2.05) is 0 Å². The first-order chi connectivity index (χ1) is 7.42. The molecule has 0 spiro atoms. The molecule has 1 N–H and O–H groups in total. The molecule has 3 nitrogen and oxygen atoms in total. The normalized spacial score (nSPS) is 23.2. The number of nitrogens with one attached hydrogen (secondary N) is 1. The van der Waals surface area contributed by atoms with Gasteiger partial charge in [0.2, 0.25) is 0 Å². The molecule has 1 aliphatic heterocycles. The lowest BCUT2D eigenvalue weighted by Gasteiger charge is -2.26. The van der Waals surface area contributed by atoms with Crippen molar-refractivity contribution in [1.82, 2.24) is 10.2 Å².